The Balaban J connectivity index is 2.66. The van der Waals surface area contributed by atoms with E-state index >= 15 is 0 Å². The van der Waals surface area contributed by atoms with Crippen molar-refractivity contribution in [2.75, 3.05) is 0 Å². The first kappa shape index (κ1) is 14.9. The molecule has 20 heavy (non-hydrogen) atoms. The Morgan fingerprint density at radius 2 is 2.10 bits per heavy atom. The van der Waals surface area contributed by atoms with Gasteiger partial charge in [-0.25, -0.2) is 9.48 Å². The maximum atomic E-state index is 11.4. The van der Waals surface area contributed by atoms with Gasteiger partial charge in [-0.3, -0.25) is 0 Å². The van der Waals surface area contributed by atoms with Gasteiger partial charge in [0.25, 0.3) is 0 Å². The van der Waals surface area contributed by atoms with E-state index in [0.717, 1.165) is 6.42 Å². The first-order valence-corrected chi connectivity index (χ1v) is 6.98. The van der Waals surface area contributed by atoms with E-state index < -0.39 is 5.97 Å². The van der Waals surface area contributed by atoms with Gasteiger partial charge in [-0.05, 0) is 31.5 Å². The van der Waals surface area contributed by atoms with Crippen LogP contribution in [0.25, 0.3) is 5.69 Å². The molecule has 1 aromatic carbocycles. The average molecular weight is 313 g/mol. The van der Waals surface area contributed by atoms with Crippen LogP contribution in [-0.2, 0) is 6.42 Å². The number of nitrogens with zero attached hydrogens (tertiary/aromatic N) is 2. The number of rotatable bonds is 4. The molecule has 1 N–H and O–H groups in total. The topological polar surface area (TPSA) is 55.1 Å². The lowest BCUT2D eigenvalue weighted by Crippen LogP contribution is -2.03. The SMILES string of the molecule is CCCc1nn(-c2cc(Cl)ccc2Cl)c(C)c1C(=O)O. The zero-order valence-electron chi connectivity index (χ0n) is 11.2. The summed E-state index contributed by atoms with van der Waals surface area (Å²) >= 11 is 12.1. The number of hydrogen-bond donors (Lipinski definition) is 1. The summed E-state index contributed by atoms with van der Waals surface area (Å²) in [4.78, 5) is 11.4. The monoisotopic (exact) mass is 312 g/mol. The van der Waals surface area contributed by atoms with Crippen molar-refractivity contribution in [2.24, 2.45) is 0 Å². The van der Waals surface area contributed by atoms with E-state index in [-0.39, 0.29) is 5.56 Å². The Kier molecular flexibility index (Phi) is 4.35. The Labute approximate surface area is 126 Å². The quantitative estimate of drug-likeness (QED) is 0.923. The fourth-order valence-corrected chi connectivity index (χ4v) is 2.50. The number of halogens is 2. The standard InChI is InChI=1S/C14H14Cl2N2O2/c1-3-4-11-13(14(19)20)8(2)18(17-11)12-7-9(15)5-6-10(12)16/h5-7H,3-4H2,1-2H3,(H,19,20). The van der Waals surface area contributed by atoms with Crippen molar-refractivity contribution in [3.05, 3.63) is 45.2 Å². The van der Waals surface area contributed by atoms with Crippen LogP contribution >= 0.6 is 23.2 Å². The van der Waals surface area contributed by atoms with Gasteiger partial charge in [0.2, 0.25) is 0 Å². The van der Waals surface area contributed by atoms with Gasteiger partial charge in [-0.1, -0.05) is 36.5 Å². The van der Waals surface area contributed by atoms with Crippen molar-refractivity contribution in [1.29, 1.82) is 0 Å². The number of carbonyl (C=O) groups is 1. The first-order chi connectivity index (χ1) is 9.45. The second-order valence-corrected chi connectivity index (χ2v) is 5.31. The number of benzene rings is 1. The number of carboxylic acids is 1. The highest BCUT2D eigenvalue weighted by atomic mass is 35.5. The van der Waals surface area contributed by atoms with Crippen LogP contribution in [0.3, 0.4) is 0 Å². The number of aromatic carboxylic acids is 1. The van der Waals surface area contributed by atoms with Gasteiger partial charge >= 0.3 is 5.97 Å². The lowest BCUT2D eigenvalue weighted by atomic mass is 10.1. The predicted octanol–water partition coefficient (Wildman–Crippen LogP) is 4.14. The molecule has 0 saturated heterocycles. The second-order valence-electron chi connectivity index (χ2n) is 4.47. The van der Waals surface area contributed by atoms with Crippen molar-refractivity contribution >= 4 is 29.2 Å². The molecule has 0 fully saturated rings. The van der Waals surface area contributed by atoms with Crippen LogP contribution < -0.4 is 0 Å². The zero-order chi connectivity index (χ0) is 14.9. The Bertz CT molecular complexity index is 665. The lowest BCUT2D eigenvalue weighted by Gasteiger charge is -2.07. The summed E-state index contributed by atoms with van der Waals surface area (Å²) in [7, 11) is 0. The number of aromatic nitrogens is 2. The molecule has 106 valence electrons. The fourth-order valence-electron chi connectivity index (χ4n) is 2.13. The molecule has 0 aliphatic carbocycles. The van der Waals surface area contributed by atoms with Gasteiger partial charge in [-0.15, -0.1) is 0 Å². The Morgan fingerprint density at radius 3 is 2.70 bits per heavy atom. The van der Waals surface area contributed by atoms with Gasteiger partial charge in [0.1, 0.15) is 5.56 Å². The van der Waals surface area contributed by atoms with Crippen molar-refractivity contribution in [1.82, 2.24) is 9.78 Å². The summed E-state index contributed by atoms with van der Waals surface area (Å²) in [6, 6.07) is 5.02. The van der Waals surface area contributed by atoms with Gasteiger partial charge < -0.3 is 5.11 Å². The van der Waals surface area contributed by atoms with E-state index in [9.17, 15) is 9.90 Å². The summed E-state index contributed by atoms with van der Waals surface area (Å²) in [6.07, 6.45) is 1.42. The van der Waals surface area contributed by atoms with E-state index in [0.29, 0.717) is 33.5 Å². The largest absolute Gasteiger partial charge is 0.478 e. The predicted molar refractivity (Wildman–Crippen MR) is 79.3 cm³/mol. The molecule has 2 rings (SSSR count). The molecule has 0 unspecified atom stereocenters. The summed E-state index contributed by atoms with van der Waals surface area (Å²) in [6.45, 7) is 3.69. The van der Waals surface area contributed by atoms with Crippen LogP contribution in [0.4, 0.5) is 0 Å². The summed E-state index contributed by atoms with van der Waals surface area (Å²) in [5.41, 5.74) is 1.93. The molecule has 2 aromatic rings. The molecule has 1 aromatic heterocycles. The highest BCUT2D eigenvalue weighted by Crippen LogP contribution is 2.27. The second kappa shape index (κ2) is 5.85. The normalized spacial score (nSPS) is 10.8. The highest BCUT2D eigenvalue weighted by Gasteiger charge is 2.21. The molecule has 4 nitrogen and oxygen atoms in total. The third-order valence-electron chi connectivity index (χ3n) is 3.03. The summed E-state index contributed by atoms with van der Waals surface area (Å²) in [5, 5.41) is 14.7. The van der Waals surface area contributed by atoms with E-state index in [4.69, 9.17) is 23.2 Å². The van der Waals surface area contributed by atoms with Gasteiger partial charge in [0.15, 0.2) is 0 Å². The molecule has 0 spiro atoms. The van der Waals surface area contributed by atoms with E-state index in [1.165, 1.54) is 0 Å². The van der Waals surface area contributed by atoms with Crippen molar-refractivity contribution < 1.29 is 9.90 Å². The molecule has 0 aliphatic rings. The molecular weight excluding hydrogens is 299 g/mol. The van der Waals surface area contributed by atoms with E-state index in [2.05, 4.69) is 5.10 Å². The van der Waals surface area contributed by atoms with E-state index in [1.54, 1.807) is 29.8 Å². The molecule has 0 saturated carbocycles. The summed E-state index contributed by atoms with van der Waals surface area (Å²) in [5.74, 6) is -0.977. The van der Waals surface area contributed by atoms with Crippen LogP contribution in [-0.4, -0.2) is 20.9 Å². The maximum absolute atomic E-state index is 11.4. The summed E-state index contributed by atoms with van der Waals surface area (Å²) < 4.78 is 1.54. The molecule has 0 amide bonds. The third-order valence-corrected chi connectivity index (χ3v) is 3.58. The minimum Gasteiger partial charge on any atom is -0.478 e. The third kappa shape index (κ3) is 2.67. The Hall–Kier alpha value is -1.52. The van der Waals surface area contributed by atoms with Crippen molar-refractivity contribution in [2.45, 2.75) is 26.7 Å². The molecule has 0 atom stereocenters. The first-order valence-electron chi connectivity index (χ1n) is 6.23. The maximum Gasteiger partial charge on any atom is 0.339 e. The highest BCUT2D eigenvalue weighted by molar-refractivity contribution is 6.34. The smallest absolute Gasteiger partial charge is 0.339 e. The molecule has 6 heteroatoms. The molecule has 1 heterocycles. The van der Waals surface area contributed by atoms with Crippen LogP contribution in [0.15, 0.2) is 18.2 Å². The van der Waals surface area contributed by atoms with Gasteiger partial charge in [-0.2, -0.15) is 5.10 Å². The molecule has 0 radical (unpaired) electrons. The van der Waals surface area contributed by atoms with E-state index in [1.807, 2.05) is 6.92 Å². The zero-order valence-corrected chi connectivity index (χ0v) is 12.7. The van der Waals surface area contributed by atoms with Crippen LogP contribution in [0.2, 0.25) is 10.0 Å². The van der Waals surface area contributed by atoms with Crippen molar-refractivity contribution in [3.63, 3.8) is 0 Å². The minimum absolute atomic E-state index is 0.239. The van der Waals surface area contributed by atoms with Crippen molar-refractivity contribution in [3.8, 4) is 5.69 Å². The number of hydrogen-bond acceptors (Lipinski definition) is 2. The molecular formula is C14H14Cl2N2O2. The Morgan fingerprint density at radius 1 is 1.40 bits per heavy atom. The molecule has 0 aliphatic heterocycles. The average Bonchev–Trinajstić information content (AvgIpc) is 2.70. The van der Waals surface area contributed by atoms with Crippen LogP contribution in [0, 0.1) is 6.92 Å². The lowest BCUT2D eigenvalue weighted by molar-refractivity contribution is 0.0695. The number of aryl methyl sites for hydroxylation is 1. The molecule has 0 bridgehead atoms. The van der Waals surface area contributed by atoms with Gasteiger partial charge in [0.05, 0.1) is 22.1 Å². The van der Waals surface area contributed by atoms with Gasteiger partial charge in [0, 0.05) is 5.02 Å². The minimum atomic E-state index is -0.977. The fraction of sp³-hybridized carbons (Fsp3) is 0.286. The van der Waals surface area contributed by atoms with Crippen LogP contribution in [0.1, 0.15) is 35.1 Å². The number of carboxylic acid groups (broad SMARTS) is 1. The van der Waals surface area contributed by atoms with Crippen LogP contribution in [0.5, 0.6) is 0 Å².